The molecular weight excluding hydrogens is 581 g/mol. The van der Waals surface area contributed by atoms with Gasteiger partial charge in [0.25, 0.3) is 10.0 Å². The second kappa shape index (κ2) is 11.3. The maximum Gasteiger partial charge on any atom is 0.264 e. The summed E-state index contributed by atoms with van der Waals surface area (Å²) in [4.78, 5) is 3.71. The van der Waals surface area contributed by atoms with Crippen molar-refractivity contribution in [3.8, 4) is 11.3 Å². The van der Waals surface area contributed by atoms with Crippen molar-refractivity contribution < 1.29 is 26.3 Å². The lowest BCUT2D eigenvalue weighted by Crippen LogP contribution is -2.50. The van der Waals surface area contributed by atoms with E-state index in [1.54, 1.807) is 10.9 Å². The number of pyridine rings is 1. The highest BCUT2D eigenvalue weighted by atomic mass is 32.2. The molecular formula is C30H31F3N6O3S. The highest BCUT2D eigenvalue weighted by Gasteiger charge is 2.28. The van der Waals surface area contributed by atoms with Crippen LogP contribution in [0.25, 0.3) is 27.7 Å². The molecule has 0 radical (unpaired) electrons. The third kappa shape index (κ3) is 5.48. The number of hydrogen-bond donors (Lipinski definition) is 3. The molecule has 0 amide bonds. The molecule has 13 heteroatoms. The van der Waals surface area contributed by atoms with E-state index in [-0.39, 0.29) is 23.1 Å². The highest BCUT2D eigenvalue weighted by molar-refractivity contribution is 7.92. The number of allylic oxidation sites excluding steroid dienone is 1. The molecule has 1 saturated heterocycles. The zero-order valence-corrected chi connectivity index (χ0v) is 24.4. The lowest BCUT2D eigenvalue weighted by Gasteiger charge is -2.33. The predicted molar refractivity (Wildman–Crippen MR) is 158 cm³/mol. The second-order valence-electron chi connectivity index (χ2n) is 11.1. The second-order valence-corrected chi connectivity index (χ2v) is 12.8. The van der Waals surface area contributed by atoms with E-state index in [0.29, 0.717) is 29.1 Å². The monoisotopic (exact) mass is 612 g/mol. The van der Waals surface area contributed by atoms with E-state index in [2.05, 4.69) is 21.5 Å². The minimum absolute atomic E-state index is 0.0800. The number of sulfonamides is 1. The predicted octanol–water partition coefficient (Wildman–Crippen LogP) is 5.40. The minimum Gasteiger partial charge on any atom is -0.383 e. The van der Waals surface area contributed by atoms with Gasteiger partial charge in [-0.1, -0.05) is 18.2 Å². The first-order valence-corrected chi connectivity index (χ1v) is 15.5. The van der Waals surface area contributed by atoms with Crippen molar-refractivity contribution in [2.24, 2.45) is 0 Å². The Labute approximate surface area is 247 Å². The standard InChI is InChI=1S/C30H31F3N6O3S/c1-16(2)39-29-21(17-7-9-18(10-8-17)36-19-14-42-15-19)13-35-30(34)27(29)28(37-39)20-11-24(33)25(12-23(20)32)38-43(40,41)26-6-4-3-5-22(26)31/h3-7,11-13,16,18-19,36,38H,8-10,14-15H2,1-2H3,(H2,34,35)/t18-/m0/s1. The number of rotatable bonds is 8. The SMILES string of the molecule is CC(C)n1nc(-c2cc(F)c(NS(=O)(=O)c3ccccc3F)cc2F)c2c(N)ncc(C3=CC[C@H](NC4COC4)CC3)c21. The molecule has 226 valence electrons. The van der Waals surface area contributed by atoms with Crippen LogP contribution in [0.3, 0.4) is 0 Å². The maximum atomic E-state index is 15.7. The van der Waals surface area contributed by atoms with Crippen molar-refractivity contribution in [1.82, 2.24) is 20.1 Å². The molecule has 6 rings (SSSR count). The number of nitrogen functional groups attached to an aromatic ring is 1. The molecule has 43 heavy (non-hydrogen) atoms. The summed E-state index contributed by atoms with van der Waals surface area (Å²) >= 11 is 0. The number of ether oxygens (including phenoxy) is 1. The minimum atomic E-state index is -4.53. The molecule has 1 aliphatic heterocycles. The third-order valence-corrected chi connectivity index (χ3v) is 9.19. The molecule has 9 nitrogen and oxygen atoms in total. The van der Waals surface area contributed by atoms with E-state index in [9.17, 15) is 12.8 Å². The summed E-state index contributed by atoms with van der Waals surface area (Å²) in [5.41, 5.74) is 8.07. The molecule has 4 aromatic rings. The summed E-state index contributed by atoms with van der Waals surface area (Å²) in [7, 11) is -4.53. The number of fused-ring (bicyclic) bond motifs is 1. The van der Waals surface area contributed by atoms with Gasteiger partial charge in [0.05, 0.1) is 35.8 Å². The van der Waals surface area contributed by atoms with Crippen molar-refractivity contribution >= 4 is 38.0 Å². The number of nitrogens with two attached hydrogens (primary N) is 1. The van der Waals surface area contributed by atoms with Gasteiger partial charge in [-0.3, -0.25) is 9.40 Å². The Balaban J connectivity index is 1.39. The Morgan fingerprint density at radius 3 is 2.47 bits per heavy atom. The Kier molecular flexibility index (Phi) is 7.65. The molecule has 1 atom stereocenters. The first kappa shape index (κ1) is 29.1. The lowest BCUT2D eigenvalue weighted by molar-refractivity contribution is -0.0103. The van der Waals surface area contributed by atoms with Gasteiger partial charge in [-0.05, 0) is 56.9 Å². The summed E-state index contributed by atoms with van der Waals surface area (Å²) in [6.07, 6.45) is 6.39. The van der Waals surface area contributed by atoms with Crippen LogP contribution >= 0.6 is 0 Å². The largest absolute Gasteiger partial charge is 0.383 e. The van der Waals surface area contributed by atoms with Gasteiger partial charge in [0.15, 0.2) is 0 Å². The number of aromatic nitrogens is 3. The molecule has 3 heterocycles. The van der Waals surface area contributed by atoms with Gasteiger partial charge in [0, 0.05) is 35.5 Å². The molecule has 1 aliphatic carbocycles. The molecule has 0 spiro atoms. The first-order chi connectivity index (χ1) is 20.5. The van der Waals surface area contributed by atoms with Crippen molar-refractivity contribution in [1.29, 1.82) is 0 Å². The zero-order valence-electron chi connectivity index (χ0n) is 23.6. The Morgan fingerprint density at radius 2 is 1.81 bits per heavy atom. The van der Waals surface area contributed by atoms with E-state index >= 15 is 8.78 Å². The smallest absolute Gasteiger partial charge is 0.264 e. The van der Waals surface area contributed by atoms with E-state index in [1.807, 2.05) is 18.6 Å². The average molecular weight is 613 g/mol. The van der Waals surface area contributed by atoms with Crippen molar-refractivity contribution in [2.75, 3.05) is 23.7 Å². The number of hydrogen-bond acceptors (Lipinski definition) is 7. The first-order valence-electron chi connectivity index (χ1n) is 14.0. The fourth-order valence-corrected chi connectivity index (χ4v) is 6.69. The van der Waals surface area contributed by atoms with E-state index in [0.717, 1.165) is 61.8 Å². The summed E-state index contributed by atoms with van der Waals surface area (Å²) in [5, 5.41) is 8.64. The van der Waals surface area contributed by atoms with Crippen molar-refractivity contribution in [3.05, 3.63) is 71.7 Å². The van der Waals surface area contributed by atoms with Crippen LogP contribution < -0.4 is 15.8 Å². The van der Waals surface area contributed by atoms with Crippen LogP contribution in [0.15, 0.2) is 53.6 Å². The maximum absolute atomic E-state index is 15.7. The van der Waals surface area contributed by atoms with Crippen LogP contribution in [-0.2, 0) is 14.8 Å². The summed E-state index contributed by atoms with van der Waals surface area (Å²) in [6.45, 7) is 5.29. The summed E-state index contributed by atoms with van der Waals surface area (Å²) < 4.78 is 79.5. The Hall–Kier alpha value is -3.94. The van der Waals surface area contributed by atoms with Gasteiger partial charge in [0.2, 0.25) is 0 Å². The average Bonchev–Trinajstić information content (AvgIpc) is 3.35. The Morgan fingerprint density at radius 1 is 1.05 bits per heavy atom. The molecule has 2 aromatic heterocycles. The van der Waals surface area contributed by atoms with Crippen molar-refractivity contribution in [3.63, 3.8) is 0 Å². The number of nitrogens with zero attached hydrogens (tertiary/aromatic N) is 3. The molecule has 2 aliphatic rings. The van der Waals surface area contributed by atoms with Crippen LogP contribution in [0, 0.1) is 17.5 Å². The van der Waals surface area contributed by atoms with Crippen LogP contribution in [0.1, 0.15) is 44.7 Å². The summed E-state index contributed by atoms with van der Waals surface area (Å²) in [6, 6.07) is 6.76. The van der Waals surface area contributed by atoms with Gasteiger partial charge >= 0.3 is 0 Å². The third-order valence-electron chi connectivity index (χ3n) is 7.79. The molecule has 0 unspecified atom stereocenters. The van der Waals surface area contributed by atoms with Gasteiger partial charge in [-0.15, -0.1) is 0 Å². The normalized spacial score (nSPS) is 17.7. The quantitative estimate of drug-likeness (QED) is 0.243. The van der Waals surface area contributed by atoms with E-state index in [1.165, 1.54) is 12.1 Å². The van der Waals surface area contributed by atoms with Crippen LogP contribution in [0.2, 0.25) is 0 Å². The van der Waals surface area contributed by atoms with Crippen LogP contribution in [0.5, 0.6) is 0 Å². The number of halogens is 3. The molecule has 0 saturated carbocycles. The number of benzene rings is 2. The Bertz CT molecular complexity index is 1850. The molecule has 0 bridgehead atoms. The molecule has 1 fully saturated rings. The van der Waals surface area contributed by atoms with Gasteiger partial charge in [-0.25, -0.2) is 26.6 Å². The molecule has 4 N–H and O–H groups in total. The topological polar surface area (TPSA) is 124 Å². The lowest BCUT2D eigenvalue weighted by atomic mass is 9.89. The highest BCUT2D eigenvalue weighted by Crippen LogP contribution is 2.40. The van der Waals surface area contributed by atoms with Crippen molar-refractivity contribution in [2.45, 2.75) is 56.1 Å². The van der Waals surface area contributed by atoms with Crippen LogP contribution in [-0.4, -0.2) is 48.5 Å². The fourth-order valence-electron chi connectivity index (χ4n) is 5.56. The fraction of sp³-hybridized carbons (Fsp3) is 0.333. The summed E-state index contributed by atoms with van der Waals surface area (Å²) in [5.74, 6) is -2.94. The van der Waals surface area contributed by atoms with Crippen LogP contribution in [0.4, 0.5) is 24.7 Å². The number of nitrogens with one attached hydrogen (secondary N) is 2. The van der Waals surface area contributed by atoms with Gasteiger partial charge in [0.1, 0.15) is 33.9 Å². The van der Waals surface area contributed by atoms with E-state index < -0.39 is 38.1 Å². The van der Waals surface area contributed by atoms with Gasteiger partial charge < -0.3 is 15.8 Å². The van der Waals surface area contributed by atoms with Gasteiger partial charge in [-0.2, -0.15) is 5.10 Å². The molecule has 2 aromatic carbocycles. The number of anilines is 2. The zero-order chi connectivity index (χ0) is 30.5. The van der Waals surface area contributed by atoms with E-state index in [4.69, 9.17) is 10.5 Å².